The third kappa shape index (κ3) is 2.69. The number of amides is 2. The van der Waals surface area contributed by atoms with Gasteiger partial charge in [0.25, 0.3) is 11.8 Å². The van der Waals surface area contributed by atoms with Gasteiger partial charge < -0.3 is 14.5 Å². The molecule has 1 aliphatic rings. The van der Waals surface area contributed by atoms with E-state index in [1.807, 2.05) is 65.4 Å². The van der Waals surface area contributed by atoms with Crippen LogP contribution in [0, 0.1) is 0 Å². The molecular formula is C23H23N5O2. The minimum Gasteiger partial charge on any atom is -0.346 e. The molecule has 2 aromatic carbocycles. The van der Waals surface area contributed by atoms with E-state index in [1.165, 1.54) is 0 Å². The van der Waals surface area contributed by atoms with Crippen LogP contribution in [0.25, 0.3) is 21.9 Å². The number of hydrogen-bond donors (Lipinski definition) is 2. The normalized spacial score (nSPS) is 18.4. The Balaban J connectivity index is 1.54. The van der Waals surface area contributed by atoms with E-state index in [4.69, 9.17) is 0 Å². The molecule has 0 fully saturated rings. The molecule has 0 bridgehead atoms. The van der Waals surface area contributed by atoms with E-state index in [0.29, 0.717) is 23.8 Å². The van der Waals surface area contributed by atoms with Crippen molar-refractivity contribution in [2.45, 2.75) is 39.4 Å². The van der Waals surface area contributed by atoms with Crippen LogP contribution in [0.5, 0.6) is 0 Å². The molecule has 5 rings (SSSR count). The zero-order chi connectivity index (χ0) is 21.0. The third-order valence-corrected chi connectivity index (χ3v) is 6.02. The van der Waals surface area contributed by atoms with Gasteiger partial charge >= 0.3 is 0 Å². The number of nitrogens with zero attached hydrogens (tertiary/aromatic N) is 3. The standard InChI is InChI=1S/C23H23N5O2/c1-4-27-18-8-6-5-7-17(18)25-23(27)26-21(29)16-10-9-15-11-20-22(30)24-13(2)14(3)28(20)19(15)12-16/h5-14H,4H2,1-3H3,(H,24,30)(H,25,26,29)/t13-,14-/m1/s1. The van der Waals surface area contributed by atoms with E-state index in [9.17, 15) is 9.59 Å². The lowest BCUT2D eigenvalue weighted by Crippen LogP contribution is -2.44. The molecule has 4 aromatic rings. The van der Waals surface area contributed by atoms with Gasteiger partial charge in [-0.2, -0.15) is 0 Å². The van der Waals surface area contributed by atoms with Crippen LogP contribution in [0.15, 0.2) is 48.5 Å². The first-order valence-corrected chi connectivity index (χ1v) is 10.2. The zero-order valence-corrected chi connectivity index (χ0v) is 17.1. The average molecular weight is 401 g/mol. The second-order valence-electron chi connectivity index (χ2n) is 7.80. The van der Waals surface area contributed by atoms with Crippen LogP contribution in [-0.4, -0.2) is 32.0 Å². The van der Waals surface area contributed by atoms with Crippen molar-refractivity contribution in [2.24, 2.45) is 0 Å². The number of fused-ring (bicyclic) bond motifs is 4. The zero-order valence-electron chi connectivity index (χ0n) is 17.1. The molecule has 1 aliphatic heterocycles. The minimum atomic E-state index is -0.224. The molecule has 3 heterocycles. The maximum absolute atomic E-state index is 13.0. The first kappa shape index (κ1) is 18.4. The van der Waals surface area contributed by atoms with Crippen molar-refractivity contribution in [3.8, 4) is 0 Å². The molecule has 0 aliphatic carbocycles. The van der Waals surface area contributed by atoms with Crippen LogP contribution in [-0.2, 0) is 6.54 Å². The van der Waals surface area contributed by atoms with Crippen LogP contribution in [0.4, 0.5) is 5.95 Å². The molecule has 2 atom stereocenters. The highest BCUT2D eigenvalue weighted by molar-refractivity contribution is 6.07. The monoisotopic (exact) mass is 401 g/mol. The number of nitrogens with one attached hydrogen (secondary N) is 2. The van der Waals surface area contributed by atoms with Crippen LogP contribution < -0.4 is 10.6 Å². The fourth-order valence-electron chi connectivity index (χ4n) is 4.27. The molecule has 152 valence electrons. The number of hydrogen-bond acceptors (Lipinski definition) is 3. The summed E-state index contributed by atoms with van der Waals surface area (Å²) in [7, 11) is 0. The van der Waals surface area contributed by atoms with E-state index in [-0.39, 0.29) is 23.9 Å². The first-order valence-electron chi connectivity index (χ1n) is 10.2. The van der Waals surface area contributed by atoms with Crippen molar-refractivity contribution in [2.75, 3.05) is 5.32 Å². The Bertz CT molecular complexity index is 1320. The number of carbonyl (C=O) groups is 2. The number of benzene rings is 2. The first-order chi connectivity index (χ1) is 14.5. The maximum atomic E-state index is 13.0. The van der Waals surface area contributed by atoms with Gasteiger partial charge in [0.05, 0.1) is 17.1 Å². The topological polar surface area (TPSA) is 81.0 Å². The smallest absolute Gasteiger partial charge is 0.268 e. The van der Waals surface area contributed by atoms with Gasteiger partial charge in [-0.1, -0.05) is 18.2 Å². The largest absolute Gasteiger partial charge is 0.346 e. The molecule has 0 saturated heterocycles. The Kier molecular flexibility index (Phi) is 4.13. The van der Waals surface area contributed by atoms with Crippen LogP contribution in [0.1, 0.15) is 47.7 Å². The molecule has 0 spiro atoms. The number of rotatable bonds is 3. The number of imidazole rings is 1. The predicted molar refractivity (Wildman–Crippen MR) is 117 cm³/mol. The lowest BCUT2D eigenvalue weighted by Gasteiger charge is -2.30. The number of anilines is 1. The van der Waals surface area contributed by atoms with Gasteiger partial charge in [0, 0.05) is 29.1 Å². The predicted octanol–water partition coefficient (Wildman–Crippen LogP) is 3.96. The van der Waals surface area contributed by atoms with Gasteiger partial charge in [-0.05, 0) is 51.1 Å². The van der Waals surface area contributed by atoms with E-state index in [2.05, 4.69) is 22.5 Å². The molecule has 7 heteroatoms. The lowest BCUT2D eigenvalue weighted by molar-refractivity contribution is 0.0891. The van der Waals surface area contributed by atoms with Gasteiger partial charge in [0.1, 0.15) is 5.69 Å². The second kappa shape index (κ2) is 6.73. The van der Waals surface area contributed by atoms with E-state index in [1.54, 1.807) is 6.07 Å². The van der Waals surface area contributed by atoms with E-state index >= 15 is 0 Å². The Labute approximate surface area is 173 Å². The summed E-state index contributed by atoms with van der Waals surface area (Å²) in [6.45, 7) is 6.79. The highest BCUT2D eigenvalue weighted by atomic mass is 16.2. The highest BCUT2D eigenvalue weighted by Crippen LogP contribution is 2.30. The van der Waals surface area contributed by atoms with Gasteiger partial charge in [0.2, 0.25) is 5.95 Å². The third-order valence-electron chi connectivity index (χ3n) is 6.02. The van der Waals surface area contributed by atoms with E-state index in [0.717, 1.165) is 21.9 Å². The summed E-state index contributed by atoms with van der Waals surface area (Å²) in [6, 6.07) is 15.3. The maximum Gasteiger partial charge on any atom is 0.268 e. The number of aromatic nitrogens is 3. The molecule has 2 aromatic heterocycles. The molecule has 0 saturated carbocycles. The van der Waals surface area contributed by atoms with Crippen LogP contribution >= 0.6 is 0 Å². The lowest BCUT2D eigenvalue weighted by atomic mass is 10.1. The van der Waals surface area contributed by atoms with Crippen molar-refractivity contribution in [1.82, 2.24) is 19.4 Å². The molecule has 30 heavy (non-hydrogen) atoms. The number of carbonyl (C=O) groups excluding carboxylic acids is 2. The van der Waals surface area contributed by atoms with Crippen molar-refractivity contribution in [1.29, 1.82) is 0 Å². The van der Waals surface area contributed by atoms with Gasteiger partial charge in [-0.15, -0.1) is 0 Å². The van der Waals surface area contributed by atoms with E-state index < -0.39 is 0 Å². The fraction of sp³-hybridized carbons (Fsp3) is 0.261. The Morgan fingerprint density at radius 1 is 1.13 bits per heavy atom. The highest BCUT2D eigenvalue weighted by Gasteiger charge is 2.29. The summed E-state index contributed by atoms with van der Waals surface area (Å²) in [6.07, 6.45) is 0. The molecule has 0 unspecified atom stereocenters. The summed E-state index contributed by atoms with van der Waals surface area (Å²) in [5, 5.41) is 6.89. The molecule has 2 N–H and O–H groups in total. The SMILES string of the molecule is CCn1c(NC(=O)c2ccc3cc4n(c3c2)[C@H](C)[C@@H](C)NC4=O)nc2ccccc21. The van der Waals surface area contributed by atoms with Crippen molar-refractivity contribution in [3.63, 3.8) is 0 Å². The van der Waals surface area contributed by atoms with Crippen molar-refractivity contribution in [3.05, 3.63) is 59.8 Å². The Morgan fingerprint density at radius 2 is 1.93 bits per heavy atom. The van der Waals surface area contributed by atoms with Crippen molar-refractivity contribution >= 4 is 39.7 Å². The molecular weight excluding hydrogens is 378 g/mol. The molecule has 0 radical (unpaired) electrons. The van der Waals surface area contributed by atoms with Crippen LogP contribution in [0.3, 0.4) is 0 Å². The summed E-state index contributed by atoms with van der Waals surface area (Å²) in [5.41, 5.74) is 3.88. The summed E-state index contributed by atoms with van der Waals surface area (Å²) in [5.74, 6) is 0.222. The Hall–Kier alpha value is -3.61. The summed E-state index contributed by atoms with van der Waals surface area (Å²) >= 11 is 0. The fourth-order valence-corrected chi connectivity index (χ4v) is 4.27. The number of para-hydroxylation sites is 2. The minimum absolute atomic E-state index is 0.0162. The summed E-state index contributed by atoms with van der Waals surface area (Å²) in [4.78, 5) is 30.0. The second-order valence-corrected chi connectivity index (χ2v) is 7.80. The molecule has 7 nitrogen and oxygen atoms in total. The van der Waals surface area contributed by atoms with Crippen LogP contribution in [0.2, 0.25) is 0 Å². The molecule has 2 amide bonds. The van der Waals surface area contributed by atoms with Gasteiger partial charge in [-0.25, -0.2) is 4.98 Å². The van der Waals surface area contributed by atoms with Gasteiger partial charge in [-0.3, -0.25) is 14.9 Å². The number of aryl methyl sites for hydroxylation is 1. The van der Waals surface area contributed by atoms with Crippen molar-refractivity contribution < 1.29 is 9.59 Å². The average Bonchev–Trinajstić information content (AvgIpc) is 3.29. The Morgan fingerprint density at radius 3 is 2.73 bits per heavy atom. The van der Waals surface area contributed by atoms with Gasteiger partial charge in [0.15, 0.2) is 0 Å². The summed E-state index contributed by atoms with van der Waals surface area (Å²) < 4.78 is 4.01. The quantitative estimate of drug-likeness (QED) is 0.545.